The van der Waals surface area contributed by atoms with Crippen molar-refractivity contribution < 1.29 is 16.8 Å². The minimum absolute atomic E-state index is 0.0504. The van der Waals surface area contributed by atoms with E-state index >= 15 is 0 Å². The summed E-state index contributed by atoms with van der Waals surface area (Å²) in [6.07, 6.45) is 3.86. The maximum Gasteiger partial charge on any atom is 0.240 e. The van der Waals surface area contributed by atoms with Gasteiger partial charge in [-0.2, -0.15) is 0 Å². The molecule has 0 aromatic heterocycles. The van der Waals surface area contributed by atoms with Gasteiger partial charge >= 0.3 is 0 Å². The van der Waals surface area contributed by atoms with E-state index in [0.717, 1.165) is 31.1 Å². The SMILES string of the molecule is CCCCCN(CCNS(=O)(=O)c1ccc(C)cc1C)S(C)(=O)=O. The van der Waals surface area contributed by atoms with Gasteiger partial charge in [0.25, 0.3) is 0 Å². The van der Waals surface area contributed by atoms with E-state index in [2.05, 4.69) is 4.72 Å². The molecule has 1 rings (SSSR count). The molecule has 0 saturated carbocycles. The molecule has 8 heteroatoms. The highest BCUT2D eigenvalue weighted by Gasteiger charge is 2.19. The van der Waals surface area contributed by atoms with Gasteiger partial charge in [-0.25, -0.2) is 25.9 Å². The number of benzene rings is 1. The van der Waals surface area contributed by atoms with Crippen LogP contribution in [0.1, 0.15) is 37.3 Å². The van der Waals surface area contributed by atoms with Gasteiger partial charge in [-0.15, -0.1) is 0 Å². The second-order valence-corrected chi connectivity index (χ2v) is 9.75. The summed E-state index contributed by atoms with van der Waals surface area (Å²) in [6.45, 7) is 6.29. The van der Waals surface area contributed by atoms with Crippen molar-refractivity contribution in [3.63, 3.8) is 0 Å². The lowest BCUT2D eigenvalue weighted by Crippen LogP contribution is -2.38. The Morgan fingerprint density at radius 3 is 2.25 bits per heavy atom. The van der Waals surface area contributed by atoms with E-state index in [4.69, 9.17) is 0 Å². The van der Waals surface area contributed by atoms with Crippen molar-refractivity contribution >= 4 is 20.0 Å². The molecule has 138 valence electrons. The third-order valence-electron chi connectivity index (χ3n) is 3.75. The third-order valence-corrected chi connectivity index (χ3v) is 6.68. The summed E-state index contributed by atoms with van der Waals surface area (Å²) in [5.74, 6) is 0. The third kappa shape index (κ3) is 6.51. The quantitative estimate of drug-likeness (QED) is 0.633. The molecule has 1 N–H and O–H groups in total. The van der Waals surface area contributed by atoms with Crippen LogP contribution in [0.25, 0.3) is 0 Å². The van der Waals surface area contributed by atoms with Gasteiger partial charge in [0.05, 0.1) is 11.2 Å². The number of hydrogen-bond acceptors (Lipinski definition) is 4. The number of sulfonamides is 2. The van der Waals surface area contributed by atoms with E-state index in [0.29, 0.717) is 12.1 Å². The van der Waals surface area contributed by atoms with Crippen LogP contribution in [0.4, 0.5) is 0 Å². The van der Waals surface area contributed by atoms with E-state index in [1.54, 1.807) is 19.1 Å². The van der Waals surface area contributed by atoms with E-state index in [1.165, 1.54) is 4.31 Å². The van der Waals surface area contributed by atoms with Crippen LogP contribution in [-0.2, 0) is 20.0 Å². The van der Waals surface area contributed by atoms with Gasteiger partial charge < -0.3 is 0 Å². The maximum absolute atomic E-state index is 12.4. The summed E-state index contributed by atoms with van der Waals surface area (Å²) in [5, 5.41) is 0. The molecule has 0 aliphatic rings. The van der Waals surface area contributed by atoms with Crippen molar-refractivity contribution in [2.24, 2.45) is 0 Å². The number of aryl methyl sites for hydroxylation is 2. The molecule has 0 amide bonds. The summed E-state index contributed by atoms with van der Waals surface area (Å²) in [5.41, 5.74) is 1.66. The fourth-order valence-electron chi connectivity index (χ4n) is 2.46. The first-order chi connectivity index (χ1) is 11.1. The van der Waals surface area contributed by atoms with Gasteiger partial charge in [-0.1, -0.05) is 37.5 Å². The van der Waals surface area contributed by atoms with Crippen LogP contribution < -0.4 is 4.72 Å². The molecule has 0 aliphatic carbocycles. The molecule has 1 aromatic rings. The van der Waals surface area contributed by atoms with Crippen LogP contribution in [0.2, 0.25) is 0 Å². The zero-order chi connectivity index (χ0) is 18.4. The van der Waals surface area contributed by atoms with Crippen molar-refractivity contribution in [1.82, 2.24) is 9.03 Å². The number of rotatable bonds is 10. The van der Waals surface area contributed by atoms with Crippen molar-refractivity contribution in [2.45, 2.75) is 44.9 Å². The average Bonchev–Trinajstić information content (AvgIpc) is 2.44. The molecule has 0 unspecified atom stereocenters. The number of unbranched alkanes of at least 4 members (excludes halogenated alkanes) is 2. The Balaban J connectivity index is 2.72. The molecule has 0 saturated heterocycles. The number of nitrogens with one attached hydrogen (secondary N) is 1. The summed E-state index contributed by atoms with van der Waals surface area (Å²) in [7, 11) is -6.99. The van der Waals surface area contributed by atoms with Crippen molar-refractivity contribution in [3.05, 3.63) is 29.3 Å². The van der Waals surface area contributed by atoms with Gasteiger partial charge in [-0.3, -0.25) is 0 Å². The first-order valence-corrected chi connectivity index (χ1v) is 11.4. The first-order valence-electron chi connectivity index (χ1n) is 8.10. The molecule has 1 aromatic carbocycles. The van der Waals surface area contributed by atoms with Gasteiger partial charge in [-0.05, 0) is 31.9 Å². The van der Waals surface area contributed by atoms with Crippen LogP contribution in [0.5, 0.6) is 0 Å². The number of nitrogens with zero attached hydrogens (tertiary/aromatic N) is 1. The van der Waals surface area contributed by atoms with Crippen LogP contribution in [0.15, 0.2) is 23.1 Å². The fourth-order valence-corrected chi connectivity index (χ4v) is 4.59. The lowest BCUT2D eigenvalue weighted by molar-refractivity contribution is 0.405. The predicted octanol–water partition coefficient (Wildman–Crippen LogP) is 2.03. The van der Waals surface area contributed by atoms with Gasteiger partial charge in [0, 0.05) is 19.6 Å². The molecular formula is C16H28N2O4S2. The minimum atomic E-state index is -3.65. The number of hydrogen-bond donors (Lipinski definition) is 1. The Labute approximate surface area is 146 Å². The smallest absolute Gasteiger partial charge is 0.213 e. The topological polar surface area (TPSA) is 83.6 Å². The van der Waals surface area contributed by atoms with Crippen LogP contribution >= 0.6 is 0 Å². The normalized spacial score (nSPS) is 12.7. The summed E-state index contributed by atoms with van der Waals surface area (Å²) in [4.78, 5) is 0.227. The second kappa shape index (κ2) is 8.94. The Hall–Kier alpha value is -0.960. The molecule has 0 heterocycles. The lowest BCUT2D eigenvalue weighted by Gasteiger charge is -2.20. The van der Waals surface area contributed by atoms with E-state index in [-0.39, 0.29) is 18.0 Å². The molecule has 6 nitrogen and oxygen atoms in total. The van der Waals surface area contributed by atoms with E-state index < -0.39 is 20.0 Å². The summed E-state index contributed by atoms with van der Waals surface area (Å²) < 4.78 is 52.2. The van der Waals surface area contributed by atoms with Crippen molar-refractivity contribution in [3.8, 4) is 0 Å². The average molecular weight is 377 g/mol. The molecule has 0 radical (unpaired) electrons. The maximum atomic E-state index is 12.4. The van der Waals surface area contributed by atoms with E-state index in [1.807, 2.05) is 19.9 Å². The predicted molar refractivity (Wildman–Crippen MR) is 97.0 cm³/mol. The molecule has 0 bridgehead atoms. The molecule has 0 fully saturated rings. The molecule has 0 atom stereocenters. The van der Waals surface area contributed by atoms with Crippen LogP contribution in [-0.4, -0.2) is 47.0 Å². The highest BCUT2D eigenvalue weighted by molar-refractivity contribution is 7.89. The second-order valence-electron chi connectivity index (χ2n) is 6.04. The first kappa shape index (κ1) is 21.1. The van der Waals surface area contributed by atoms with Crippen molar-refractivity contribution in [1.29, 1.82) is 0 Å². The van der Waals surface area contributed by atoms with E-state index in [9.17, 15) is 16.8 Å². The molecule has 24 heavy (non-hydrogen) atoms. The van der Waals surface area contributed by atoms with Crippen molar-refractivity contribution in [2.75, 3.05) is 25.9 Å². The highest BCUT2D eigenvalue weighted by Crippen LogP contribution is 2.16. The Morgan fingerprint density at radius 1 is 1.04 bits per heavy atom. The highest BCUT2D eigenvalue weighted by atomic mass is 32.2. The van der Waals surface area contributed by atoms with Crippen LogP contribution in [0, 0.1) is 13.8 Å². The molecule has 0 spiro atoms. The minimum Gasteiger partial charge on any atom is -0.213 e. The summed E-state index contributed by atoms with van der Waals surface area (Å²) >= 11 is 0. The molecular weight excluding hydrogens is 348 g/mol. The van der Waals surface area contributed by atoms with Gasteiger partial charge in [0.2, 0.25) is 20.0 Å². The lowest BCUT2D eigenvalue weighted by atomic mass is 10.2. The zero-order valence-electron chi connectivity index (χ0n) is 14.9. The largest absolute Gasteiger partial charge is 0.240 e. The monoisotopic (exact) mass is 376 g/mol. The van der Waals surface area contributed by atoms with Gasteiger partial charge in [0.15, 0.2) is 0 Å². The fraction of sp³-hybridized carbons (Fsp3) is 0.625. The standard InChI is InChI=1S/C16H28N2O4S2/c1-5-6-7-11-18(23(4,19)20)12-10-17-24(21,22)16-9-8-14(2)13-15(16)3/h8-9,13,17H,5-7,10-12H2,1-4H3. The zero-order valence-corrected chi connectivity index (χ0v) is 16.5. The Morgan fingerprint density at radius 2 is 1.71 bits per heavy atom. The van der Waals surface area contributed by atoms with Gasteiger partial charge in [0.1, 0.15) is 0 Å². The Kier molecular flexibility index (Phi) is 7.85. The summed E-state index contributed by atoms with van der Waals surface area (Å²) in [6, 6.07) is 5.12. The Bertz CT molecular complexity index is 743. The molecule has 0 aliphatic heterocycles. The van der Waals surface area contributed by atoms with Crippen LogP contribution in [0.3, 0.4) is 0 Å².